The molecular formula is C32H36N4NaO3-3. The van der Waals surface area contributed by atoms with Crippen LogP contribution in [-0.4, -0.2) is 32.2 Å². The summed E-state index contributed by atoms with van der Waals surface area (Å²) in [5.74, 6) is 2.78. The second-order valence-electron chi connectivity index (χ2n) is 9.02. The van der Waals surface area contributed by atoms with Crippen LogP contribution < -0.4 is 35.3 Å². The molecule has 8 heteroatoms. The number of unbranched alkanes of at least 4 members (excludes halogenated alkanes) is 1. The zero-order chi connectivity index (χ0) is 28.9. The second-order valence-corrected chi connectivity index (χ2v) is 9.02. The minimum Gasteiger partial charge on any atom is -0.508 e. The van der Waals surface area contributed by atoms with Crippen molar-refractivity contribution < 1.29 is 44.3 Å². The van der Waals surface area contributed by atoms with Crippen molar-refractivity contribution >= 4 is 40.3 Å². The number of nitrogen functional groups attached to an aromatic ring is 1. The Kier molecular flexibility index (Phi) is 15.0. The summed E-state index contributed by atoms with van der Waals surface area (Å²) in [5.41, 5.74) is 12.0. The second kappa shape index (κ2) is 17.3. The fraction of sp³-hybridized carbons (Fsp3) is 0.250. The molecule has 0 radical (unpaired) electrons. The molecule has 2 aromatic carbocycles. The number of nitrogens with zero attached hydrogens (tertiary/aromatic N) is 3. The van der Waals surface area contributed by atoms with E-state index in [0.29, 0.717) is 18.1 Å². The molecule has 0 atom stereocenters. The summed E-state index contributed by atoms with van der Waals surface area (Å²) < 4.78 is 2.26. The number of aromatic nitrogens is 3. The number of phenolic OH excluding ortho intramolecular Hbond substituents is 1. The molecule has 0 amide bonds. The molecule has 4 rings (SSSR count). The Morgan fingerprint density at radius 3 is 2.35 bits per heavy atom. The number of pyridine rings is 1. The van der Waals surface area contributed by atoms with Crippen LogP contribution >= 0.6 is 0 Å². The topological polar surface area (TPSA) is 111 Å². The molecule has 7 nitrogen and oxygen atoms in total. The van der Waals surface area contributed by atoms with Crippen LogP contribution in [0, 0.1) is 19.8 Å². The monoisotopic (exact) mass is 547 g/mol. The van der Waals surface area contributed by atoms with E-state index >= 15 is 0 Å². The smallest absolute Gasteiger partial charge is 0.508 e. The van der Waals surface area contributed by atoms with Crippen LogP contribution in [0.25, 0.3) is 21.9 Å². The van der Waals surface area contributed by atoms with Crippen molar-refractivity contribution in [3.63, 3.8) is 0 Å². The zero-order valence-corrected chi connectivity index (χ0v) is 26.1. The van der Waals surface area contributed by atoms with Crippen molar-refractivity contribution in [2.75, 3.05) is 5.73 Å². The predicted octanol–water partition coefficient (Wildman–Crippen LogP) is 3.31. The van der Waals surface area contributed by atoms with Crippen molar-refractivity contribution in [3.8, 4) is 5.75 Å². The third-order valence-electron chi connectivity index (χ3n) is 5.85. The number of anilines is 1. The number of imidazole rings is 1. The van der Waals surface area contributed by atoms with E-state index in [2.05, 4.69) is 42.1 Å². The van der Waals surface area contributed by atoms with Gasteiger partial charge in [0.25, 0.3) is 0 Å². The summed E-state index contributed by atoms with van der Waals surface area (Å²) in [6.45, 7) is 16.0. The van der Waals surface area contributed by atoms with Crippen LogP contribution in [0.5, 0.6) is 5.75 Å². The molecule has 0 aliphatic heterocycles. The van der Waals surface area contributed by atoms with Crippen LogP contribution in [0.2, 0.25) is 0 Å². The zero-order valence-electron chi connectivity index (χ0n) is 24.1. The van der Waals surface area contributed by atoms with Gasteiger partial charge >= 0.3 is 29.6 Å². The number of rotatable bonds is 8. The van der Waals surface area contributed by atoms with Gasteiger partial charge < -0.3 is 50.0 Å². The van der Waals surface area contributed by atoms with Crippen LogP contribution in [-0.2, 0) is 22.6 Å². The molecule has 0 spiro atoms. The number of allylic oxidation sites excluding steroid dienone is 3. The molecule has 0 aliphatic carbocycles. The quantitative estimate of drug-likeness (QED) is 0.152. The number of carbonyl (C=O) groups excluding carboxylic acids is 2. The van der Waals surface area contributed by atoms with E-state index < -0.39 is 0 Å². The molecule has 0 saturated heterocycles. The van der Waals surface area contributed by atoms with Crippen molar-refractivity contribution in [2.45, 2.75) is 53.5 Å². The first-order valence-electron chi connectivity index (χ1n) is 12.7. The van der Waals surface area contributed by atoms with E-state index in [1.54, 1.807) is 12.1 Å². The van der Waals surface area contributed by atoms with Crippen LogP contribution in [0.3, 0.4) is 0 Å². The summed E-state index contributed by atoms with van der Waals surface area (Å²) >= 11 is 0. The number of phenols is 1. The van der Waals surface area contributed by atoms with Crippen molar-refractivity contribution in [2.24, 2.45) is 0 Å². The maximum Gasteiger partial charge on any atom is 1.00 e. The summed E-state index contributed by atoms with van der Waals surface area (Å²) in [4.78, 5) is 27.9. The largest absolute Gasteiger partial charge is 1.00 e. The average Bonchev–Trinajstić information content (AvgIpc) is 3.27. The van der Waals surface area contributed by atoms with Gasteiger partial charge in [-0.1, -0.05) is 31.6 Å². The molecule has 206 valence electrons. The molecule has 40 heavy (non-hydrogen) atoms. The summed E-state index contributed by atoms with van der Waals surface area (Å²) in [6, 6.07) is 12.0. The average molecular weight is 548 g/mol. The Morgan fingerprint density at radius 2 is 1.80 bits per heavy atom. The van der Waals surface area contributed by atoms with E-state index in [9.17, 15) is 14.7 Å². The molecule has 0 aliphatic rings. The summed E-state index contributed by atoms with van der Waals surface area (Å²) in [6.07, 6.45) is 9.44. The van der Waals surface area contributed by atoms with Gasteiger partial charge in [0.1, 0.15) is 17.1 Å². The van der Waals surface area contributed by atoms with E-state index in [0.717, 1.165) is 81.8 Å². The minimum atomic E-state index is 0. The third-order valence-corrected chi connectivity index (χ3v) is 5.85. The van der Waals surface area contributed by atoms with Gasteiger partial charge in [0.2, 0.25) is 0 Å². The Bertz CT molecular complexity index is 1450. The van der Waals surface area contributed by atoms with Crippen molar-refractivity contribution in [1.82, 2.24) is 14.5 Å². The molecule has 2 aromatic heterocycles. The minimum absolute atomic E-state index is 0. The van der Waals surface area contributed by atoms with E-state index in [1.165, 1.54) is 12.6 Å². The van der Waals surface area contributed by atoms with E-state index in [4.69, 9.17) is 10.7 Å². The fourth-order valence-electron chi connectivity index (χ4n) is 3.99. The number of aryl methyl sites for hydroxylation is 2. The molecule has 3 N–H and O–H groups in total. The number of nitrogens with two attached hydrogens (primary N) is 1. The van der Waals surface area contributed by atoms with E-state index in [1.807, 2.05) is 39.0 Å². The molecular weight excluding hydrogens is 511 g/mol. The van der Waals surface area contributed by atoms with Gasteiger partial charge in [0.05, 0.1) is 5.52 Å². The Hall–Kier alpha value is -3.39. The van der Waals surface area contributed by atoms with Gasteiger partial charge in [0, 0.05) is 23.9 Å². The summed E-state index contributed by atoms with van der Waals surface area (Å²) in [7, 11) is 0. The van der Waals surface area contributed by atoms with Gasteiger partial charge in [-0.3, -0.25) is 0 Å². The van der Waals surface area contributed by atoms with Gasteiger partial charge in [-0.05, 0) is 37.5 Å². The van der Waals surface area contributed by atoms with Crippen LogP contribution in [0.15, 0.2) is 61.2 Å². The molecule has 0 fully saturated rings. The number of aromatic hydroxyl groups is 1. The molecule has 2 heterocycles. The Labute approximate surface area is 259 Å². The summed E-state index contributed by atoms with van der Waals surface area (Å²) in [5, 5.41) is 10.9. The van der Waals surface area contributed by atoms with Crippen molar-refractivity contribution in [1.29, 1.82) is 0 Å². The standard InChI is InChI=1S/C25H28N4O.C4H2O2.C3H6.Na/c1-5-6-7-22-28-23-24(29(22)14-17-8-11-21(30)16(4)12-17)19-10-9-18(15(2)3)13-20(19)27-25(23)26;5-3-1-2-4-6;1-3-2;/h8-13,30H,2,5-7,14H2,1,3-4H3,(H2,26,27);1-2H;3H,1H2,2H3;/q2*-2;;+1/b;2-1-;;. The van der Waals surface area contributed by atoms with E-state index in [-0.39, 0.29) is 29.6 Å². The maximum atomic E-state index is 9.91. The van der Waals surface area contributed by atoms with Crippen molar-refractivity contribution in [3.05, 3.63) is 96.6 Å². The molecule has 0 saturated carbocycles. The Balaban J connectivity index is 0.000000700. The Morgan fingerprint density at radius 1 is 1.15 bits per heavy atom. The first kappa shape index (κ1) is 34.6. The van der Waals surface area contributed by atoms with Gasteiger partial charge in [0.15, 0.2) is 5.82 Å². The molecule has 0 bridgehead atoms. The third kappa shape index (κ3) is 9.08. The van der Waals surface area contributed by atoms with Gasteiger partial charge in [-0.25, -0.2) is 15.5 Å². The SMILES string of the molecule is C=CC.O=[C-]/C=C\[C-]=O.[CH2-][C-](C)c1ccc2c(c1)nc(N)c1nc(CCCC)n(Cc3ccc(O)c(C)c3)c12.[Na+]. The normalized spacial score (nSPS) is 10.2. The molecule has 0 unspecified atom stereocenters. The van der Waals surface area contributed by atoms with Crippen LogP contribution in [0.1, 0.15) is 56.1 Å². The number of hydrogen-bond acceptors (Lipinski definition) is 6. The van der Waals surface area contributed by atoms with Gasteiger partial charge in [-0.2, -0.15) is 6.07 Å². The van der Waals surface area contributed by atoms with Gasteiger partial charge in [-0.15, -0.1) is 38.2 Å². The first-order valence-corrected chi connectivity index (χ1v) is 12.7. The number of fused-ring (bicyclic) bond motifs is 3. The molecule has 4 aromatic rings. The van der Waals surface area contributed by atoms with Crippen LogP contribution in [0.4, 0.5) is 5.82 Å². The maximum absolute atomic E-state index is 9.91. The fourth-order valence-corrected chi connectivity index (χ4v) is 3.99. The number of hydrogen-bond donors (Lipinski definition) is 2. The number of benzene rings is 2. The first-order chi connectivity index (χ1) is 18.7. The predicted molar refractivity (Wildman–Crippen MR) is 160 cm³/mol.